The van der Waals surface area contributed by atoms with Gasteiger partial charge in [-0.1, -0.05) is 44.4 Å². The van der Waals surface area contributed by atoms with Crippen molar-refractivity contribution in [2.75, 3.05) is 0 Å². The van der Waals surface area contributed by atoms with Crippen molar-refractivity contribution in [3.8, 4) is 12.3 Å². The van der Waals surface area contributed by atoms with Crippen LogP contribution in [-0.2, 0) is 0 Å². The average Bonchev–Trinajstić information content (AvgIpc) is 2.04. The van der Waals surface area contributed by atoms with Gasteiger partial charge in [0.25, 0.3) is 0 Å². The molecule has 0 rings (SSSR count). The summed E-state index contributed by atoms with van der Waals surface area (Å²) in [6.07, 6.45) is 10.5. The third-order valence-electron chi connectivity index (χ3n) is 1.92. The Bertz CT molecular complexity index is 221. The molecular formula is C12H18. The van der Waals surface area contributed by atoms with Gasteiger partial charge in [0, 0.05) is 0 Å². The largest absolute Gasteiger partial charge is 0.115 e. The van der Waals surface area contributed by atoms with E-state index in [4.69, 9.17) is 6.42 Å². The van der Waals surface area contributed by atoms with E-state index in [0.29, 0.717) is 5.92 Å². The molecule has 12 heavy (non-hydrogen) atoms. The van der Waals surface area contributed by atoms with E-state index in [1.54, 1.807) is 0 Å². The number of allylic oxidation sites excluding steroid dienone is 4. The van der Waals surface area contributed by atoms with Crippen molar-refractivity contribution in [2.24, 2.45) is 5.92 Å². The predicted octanol–water partition coefficient (Wildman–Crippen LogP) is 3.56. The van der Waals surface area contributed by atoms with Crippen molar-refractivity contribution in [3.05, 3.63) is 23.3 Å². The first-order valence-corrected chi connectivity index (χ1v) is 4.45. The van der Waals surface area contributed by atoms with Gasteiger partial charge in [0.1, 0.15) is 0 Å². The van der Waals surface area contributed by atoms with Crippen LogP contribution in [-0.4, -0.2) is 0 Å². The number of rotatable bonds is 3. The van der Waals surface area contributed by atoms with E-state index < -0.39 is 0 Å². The Kier molecular flexibility index (Phi) is 5.21. The molecule has 0 unspecified atom stereocenters. The molecule has 0 aliphatic heterocycles. The Hall–Kier alpha value is -0.960. The Balaban J connectivity index is 4.43. The highest BCUT2D eigenvalue weighted by Crippen LogP contribution is 2.13. The van der Waals surface area contributed by atoms with E-state index in [-0.39, 0.29) is 0 Å². The zero-order chi connectivity index (χ0) is 9.56. The van der Waals surface area contributed by atoms with Gasteiger partial charge in [-0.2, -0.15) is 0 Å². The Morgan fingerprint density at radius 1 is 1.42 bits per heavy atom. The standard InChI is InChI=1S/C12H18/c1-6-11(5)8-9-12(7-2)10(3)4/h1,8-10H,7H2,2-5H3/b11-8-,12-9+. The van der Waals surface area contributed by atoms with E-state index in [0.717, 1.165) is 12.0 Å². The van der Waals surface area contributed by atoms with Crippen molar-refractivity contribution in [1.29, 1.82) is 0 Å². The molecule has 0 aromatic rings. The Labute approximate surface area is 76.4 Å². The molecule has 0 aliphatic carbocycles. The van der Waals surface area contributed by atoms with E-state index in [9.17, 15) is 0 Å². The van der Waals surface area contributed by atoms with Crippen molar-refractivity contribution in [1.82, 2.24) is 0 Å². The molecule has 66 valence electrons. The molecule has 0 fully saturated rings. The summed E-state index contributed by atoms with van der Waals surface area (Å²) < 4.78 is 0. The van der Waals surface area contributed by atoms with Crippen LogP contribution in [0.1, 0.15) is 34.1 Å². The first-order valence-electron chi connectivity index (χ1n) is 4.45. The SMILES string of the molecule is C#C/C(C)=C\C=C(/CC)C(C)C. The van der Waals surface area contributed by atoms with Gasteiger partial charge in [-0.25, -0.2) is 0 Å². The van der Waals surface area contributed by atoms with Gasteiger partial charge < -0.3 is 0 Å². The van der Waals surface area contributed by atoms with Crippen molar-refractivity contribution >= 4 is 0 Å². The highest BCUT2D eigenvalue weighted by molar-refractivity contribution is 5.28. The normalized spacial score (nSPS) is 13.3. The summed E-state index contributed by atoms with van der Waals surface area (Å²) in [5.74, 6) is 3.22. The molecular weight excluding hydrogens is 144 g/mol. The summed E-state index contributed by atoms with van der Waals surface area (Å²) in [7, 11) is 0. The van der Waals surface area contributed by atoms with E-state index in [2.05, 4.69) is 32.8 Å². The number of hydrogen-bond acceptors (Lipinski definition) is 0. The van der Waals surface area contributed by atoms with Gasteiger partial charge >= 0.3 is 0 Å². The summed E-state index contributed by atoms with van der Waals surface area (Å²) in [5, 5.41) is 0. The lowest BCUT2D eigenvalue weighted by molar-refractivity contribution is 0.732. The second kappa shape index (κ2) is 5.66. The molecule has 0 aromatic carbocycles. The van der Waals surface area contributed by atoms with Crippen LogP contribution in [0.25, 0.3) is 0 Å². The van der Waals surface area contributed by atoms with Gasteiger partial charge in [-0.05, 0) is 24.8 Å². The fourth-order valence-electron chi connectivity index (χ4n) is 0.999. The summed E-state index contributed by atoms with van der Waals surface area (Å²) in [6, 6.07) is 0. The van der Waals surface area contributed by atoms with Gasteiger partial charge in [-0.3, -0.25) is 0 Å². The van der Waals surface area contributed by atoms with Gasteiger partial charge in [0.2, 0.25) is 0 Å². The molecule has 0 aromatic heterocycles. The minimum absolute atomic E-state index is 0.622. The molecule has 0 heteroatoms. The van der Waals surface area contributed by atoms with E-state index in [1.807, 2.05) is 13.0 Å². The van der Waals surface area contributed by atoms with E-state index >= 15 is 0 Å². The van der Waals surface area contributed by atoms with Crippen LogP contribution in [0.3, 0.4) is 0 Å². The highest BCUT2D eigenvalue weighted by atomic mass is 14.0. The zero-order valence-electron chi connectivity index (χ0n) is 8.52. The quantitative estimate of drug-likeness (QED) is 0.439. The van der Waals surface area contributed by atoms with Crippen LogP contribution < -0.4 is 0 Å². The second-order valence-corrected chi connectivity index (χ2v) is 3.24. The molecule has 0 heterocycles. The average molecular weight is 162 g/mol. The van der Waals surface area contributed by atoms with Crippen LogP contribution in [0.15, 0.2) is 23.3 Å². The minimum Gasteiger partial charge on any atom is -0.115 e. The Morgan fingerprint density at radius 3 is 2.33 bits per heavy atom. The predicted molar refractivity (Wildman–Crippen MR) is 55.8 cm³/mol. The maximum Gasteiger partial charge on any atom is -0.00135 e. The number of terminal acetylenes is 1. The molecule has 0 spiro atoms. The molecule has 0 aliphatic rings. The molecule has 0 saturated carbocycles. The molecule has 0 nitrogen and oxygen atoms in total. The lowest BCUT2D eigenvalue weighted by Gasteiger charge is -2.06. The zero-order valence-corrected chi connectivity index (χ0v) is 8.52. The lowest BCUT2D eigenvalue weighted by atomic mass is 10.00. The molecule has 0 N–H and O–H groups in total. The van der Waals surface area contributed by atoms with Crippen LogP contribution >= 0.6 is 0 Å². The summed E-state index contributed by atoms with van der Waals surface area (Å²) in [6.45, 7) is 8.53. The molecule has 0 saturated heterocycles. The summed E-state index contributed by atoms with van der Waals surface area (Å²) >= 11 is 0. The summed E-state index contributed by atoms with van der Waals surface area (Å²) in [5.41, 5.74) is 2.44. The lowest BCUT2D eigenvalue weighted by Crippen LogP contribution is -1.91. The fourth-order valence-corrected chi connectivity index (χ4v) is 0.999. The van der Waals surface area contributed by atoms with Crippen molar-refractivity contribution in [3.63, 3.8) is 0 Å². The molecule has 0 amide bonds. The minimum atomic E-state index is 0.622. The third-order valence-corrected chi connectivity index (χ3v) is 1.92. The molecule has 0 radical (unpaired) electrons. The van der Waals surface area contributed by atoms with Gasteiger partial charge in [-0.15, -0.1) is 6.42 Å². The Morgan fingerprint density at radius 2 is 2.00 bits per heavy atom. The van der Waals surface area contributed by atoms with Crippen LogP contribution in [0, 0.1) is 18.3 Å². The van der Waals surface area contributed by atoms with E-state index in [1.165, 1.54) is 5.57 Å². The topological polar surface area (TPSA) is 0 Å². The van der Waals surface area contributed by atoms with Crippen LogP contribution in [0.4, 0.5) is 0 Å². The first kappa shape index (κ1) is 11.0. The molecule has 0 atom stereocenters. The number of hydrogen-bond donors (Lipinski definition) is 0. The maximum atomic E-state index is 5.23. The fraction of sp³-hybridized carbons (Fsp3) is 0.500. The smallest absolute Gasteiger partial charge is 0.00135 e. The van der Waals surface area contributed by atoms with Gasteiger partial charge in [0.15, 0.2) is 0 Å². The maximum absolute atomic E-state index is 5.23. The second-order valence-electron chi connectivity index (χ2n) is 3.24. The van der Waals surface area contributed by atoms with Gasteiger partial charge in [0.05, 0.1) is 0 Å². The molecule has 0 bridgehead atoms. The van der Waals surface area contributed by atoms with Crippen molar-refractivity contribution in [2.45, 2.75) is 34.1 Å². The summed E-state index contributed by atoms with van der Waals surface area (Å²) in [4.78, 5) is 0. The third kappa shape index (κ3) is 4.03. The van der Waals surface area contributed by atoms with Crippen LogP contribution in [0.5, 0.6) is 0 Å². The highest BCUT2D eigenvalue weighted by Gasteiger charge is 1.97. The first-order chi connectivity index (χ1) is 5.61. The monoisotopic (exact) mass is 162 g/mol. The van der Waals surface area contributed by atoms with Crippen molar-refractivity contribution < 1.29 is 0 Å². The van der Waals surface area contributed by atoms with Crippen LogP contribution in [0.2, 0.25) is 0 Å².